The molecule has 17 heavy (non-hydrogen) atoms. The van der Waals surface area contributed by atoms with Crippen LogP contribution in [0.15, 0.2) is 12.1 Å². The highest BCUT2D eigenvalue weighted by Crippen LogP contribution is 2.34. The van der Waals surface area contributed by atoms with Crippen LogP contribution in [0.4, 0.5) is 5.69 Å². The van der Waals surface area contributed by atoms with Gasteiger partial charge in [-0.25, -0.2) is 0 Å². The molecule has 1 rings (SSSR count). The average Bonchev–Trinajstić information content (AvgIpc) is 2.18. The van der Waals surface area contributed by atoms with Gasteiger partial charge >= 0.3 is 0 Å². The van der Waals surface area contributed by atoms with E-state index in [-0.39, 0.29) is 11.8 Å². The maximum Gasteiger partial charge on any atom is 0.299 e. The van der Waals surface area contributed by atoms with Crippen LogP contribution in [0.2, 0.25) is 0 Å². The van der Waals surface area contributed by atoms with Crippen LogP contribution in [0.1, 0.15) is 50.7 Å². The minimum atomic E-state index is -2.89. The highest BCUT2D eigenvalue weighted by molar-refractivity contribution is 7.67. The molecule has 1 aromatic rings. The molecule has 0 amide bonds. The number of nitrogens with two attached hydrogens (primary N) is 1. The number of hydrogen-bond donors (Lipinski definition) is 2. The normalized spacial score (nSPS) is 11.5. The molecule has 5 heteroatoms. The van der Waals surface area contributed by atoms with E-state index in [1.165, 1.54) is 0 Å². The first-order valence-corrected chi connectivity index (χ1v) is 6.68. The zero-order chi connectivity index (χ0) is 13.2. The molecular weight excluding hydrogens is 238 g/mol. The Morgan fingerprint density at radius 2 is 1.47 bits per heavy atom. The second kappa shape index (κ2) is 5.40. The van der Waals surface area contributed by atoms with E-state index in [2.05, 4.69) is 0 Å². The van der Waals surface area contributed by atoms with Gasteiger partial charge in [0.25, 0.3) is 11.0 Å². The van der Waals surface area contributed by atoms with Crippen molar-refractivity contribution in [2.75, 3.05) is 5.73 Å². The van der Waals surface area contributed by atoms with E-state index in [1.807, 2.05) is 27.7 Å². The molecule has 0 aliphatic heterocycles. The summed E-state index contributed by atoms with van der Waals surface area (Å²) in [4.78, 5) is 0. The lowest BCUT2D eigenvalue weighted by Crippen LogP contribution is -2.04. The minimum Gasteiger partial charge on any atom is -0.398 e. The fourth-order valence-corrected chi connectivity index (χ4v) is 2.04. The predicted octanol–water partition coefficient (Wildman–Crippen LogP) is 2.42. The van der Waals surface area contributed by atoms with Crippen molar-refractivity contribution in [3.63, 3.8) is 0 Å². The smallest absolute Gasteiger partial charge is 0.299 e. The summed E-state index contributed by atoms with van der Waals surface area (Å²) in [6.45, 7) is 8.04. The molecule has 0 spiro atoms. The Kier molecular flexibility index (Phi) is 4.40. The molecule has 0 fully saturated rings. The summed E-state index contributed by atoms with van der Waals surface area (Å²) in [6.07, 6.45) is 0. The van der Waals surface area contributed by atoms with Gasteiger partial charge in [0, 0.05) is 5.69 Å². The van der Waals surface area contributed by atoms with E-state index in [4.69, 9.17) is 9.92 Å². The molecule has 4 nitrogen and oxygen atoms in total. The first-order chi connectivity index (χ1) is 7.82. The van der Waals surface area contributed by atoms with Crippen LogP contribution in [-0.4, -0.2) is 8.42 Å². The molecule has 0 atom stereocenters. The second-order valence-corrected chi connectivity index (χ2v) is 5.27. The second-order valence-electron chi connectivity index (χ2n) is 4.64. The maximum absolute atomic E-state index is 10.6. The van der Waals surface area contributed by atoms with E-state index in [9.17, 15) is 8.42 Å². The molecule has 0 bridgehead atoms. The molecule has 0 aliphatic carbocycles. The molecule has 1 aromatic carbocycles. The molecular formula is C12H19NO3S. The Morgan fingerprint density at radius 3 is 1.76 bits per heavy atom. The first-order valence-electron chi connectivity index (χ1n) is 5.58. The van der Waals surface area contributed by atoms with Gasteiger partial charge in [0.05, 0.1) is 0 Å². The van der Waals surface area contributed by atoms with Crippen molar-refractivity contribution >= 4 is 16.7 Å². The van der Waals surface area contributed by atoms with E-state index < -0.39 is 11.0 Å². The summed E-state index contributed by atoms with van der Waals surface area (Å²) in [7, 11) is -2.89. The summed E-state index contributed by atoms with van der Waals surface area (Å²) >= 11 is 0. The molecule has 0 saturated carbocycles. The van der Waals surface area contributed by atoms with Crippen LogP contribution in [0.25, 0.3) is 0 Å². The van der Waals surface area contributed by atoms with Crippen molar-refractivity contribution in [2.45, 2.75) is 39.5 Å². The highest BCUT2D eigenvalue weighted by Gasteiger charge is 2.14. The van der Waals surface area contributed by atoms with Gasteiger partial charge < -0.3 is 9.92 Å². The number of nitrogen functional groups attached to an aromatic ring is 1. The number of hydrogen-bond acceptors (Lipinski definition) is 4. The number of rotatable bonds is 4. The lowest BCUT2D eigenvalue weighted by molar-refractivity contribution is 0.509. The maximum atomic E-state index is 10.6. The van der Waals surface area contributed by atoms with Crippen molar-refractivity contribution in [1.29, 1.82) is 0 Å². The van der Waals surface area contributed by atoms with Crippen LogP contribution in [0, 0.1) is 0 Å². The Morgan fingerprint density at radius 1 is 1.06 bits per heavy atom. The van der Waals surface area contributed by atoms with Crippen LogP contribution in [-0.2, 0) is 11.0 Å². The van der Waals surface area contributed by atoms with E-state index in [1.54, 1.807) is 12.1 Å². The molecule has 0 aliphatic rings. The zero-order valence-electron chi connectivity index (χ0n) is 10.6. The van der Waals surface area contributed by atoms with Gasteiger partial charge in [-0.3, -0.25) is 0 Å². The lowest BCUT2D eigenvalue weighted by Gasteiger charge is -2.17. The van der Waals surface area contributed by atoms with Crippen molar-refractivity contribution in [3.8, 4) is 5.75 Å². The van der Waals surface area contributed by atoms with E-state index >= 15 is 0 Å². The summed E-state index contributed by atoms with van der Waals surface area (Å²) in [6, 6.07) is 3.38. The number of anilines is 1. The van der Waals surface area contributed by atoms with Crippen molar-refractivity contribution in [1.82, 2.24) is 0 Å². The topological polar surface area (TPSA) is 69.4 Å². The predicted molar refractivity (Wildman–Crippen MR) is 70.0 cm³/mol. The van der Waals surface area contributed by atoms with Gasteiger partial charge in [0.2, 0.25) is 0 Å². The third-order valence-electron chi connectivity index (χ3n) is 2.64. The average molecular weight is 257 g/mol. The monoisotopic (exact) mass is 257 g/mol. The van der Waals surface area contributed by atoms with Gasteiger partial charge in [0.15, 0.2) is 0 Å². The fourth-order valence-electron chi connectivity index (χ4n) is 1.76. The van der Waals surface area contributed by atoms with Gasteiger partial charge in [-0.2, -0.15) is 8.42 Å². The Labute approximate surface area is 104 Å². The van der Waals surface area contributed by atoms with Gasteiger partial charge in [-0.1, -0.05) is 27.7 Å². The fraction of sp³-hybridized carbons (Fsp3) is 0.500. The Bertz CT molecular complexity index is 442. The Hall–Kier alpha value is -1.23. The van der Waals surface area contributed by atoms with Gasteiger partial charge in [0.1, 0.15) is 5.75 Å². The van der Waals surface area contributed by atoms with Gasteiger partial charge in [-0.15, -0.1) is 0 Å². The standard InChI is InChI=1S/C12H19NO3S/c1-7(2)10-5-9(16-17(14)15)6-11(8(3)4)12(10)13/h5-8,17H,13H2,1-4H3. The zero-order valence-corrected chi connectivity index (χ0v) is 11.5. The van der Waals surface area contributed by atoms with Crippen molar-refractivity contribution < 1.29 is 12.6 Å². The molecule has 2 N–H and O–H groups in total. The number of benzene rings is 1. The van der Waals surface area contributed by atoms with E-state index in [0.29, 0.717) is 5.75 Å². The van der Waals surface area contributed by atoms with Crippen molar-refractivity contribution in [2.24, 2.45) is 0 Å². The SMILES string of the molecule is CC(C)c1cc(O[SH](=O)=O)cc(C(C)C)c1N. The molecule has 0 heterocycles. The molecule has 0 unspecified atom stereocenters. The van der Waals surface area contributed by atoms with Crippen LogP contribution in [0.3, 0.4) is 0 Å². The number of thiol groups is 1. The van der Waals surface area contributed by atoms with Crippen LogP contribution < -0.4 is 9.92 Å². The quantitative estimate of drug-likeness (QED) is 0.642. The third kappa shape index (κ3) is 3.36. The molecule has 0 saturated heterocycles. The Balaban J connectivity index is 3.36. The molecule has 0 aromatic heterocycles. The van der Waals surface area contributed by atoms with Crippen molar-refractivity contribution in [3.05, 3.63) is 23.3 Å². The molecule has 96 valence electrons. The minimum absolute atomic E-state index is 0.223. The molecule has 0 radical (unpaired) electrons. The third-order valence-corrected chi connectivity index (χ3v) is 3.00. The highest BCUT2D eigenvalue weighted by atomic mass is 32.2. The summed E-state index contributed by atoms with van der Waals surface area (Å²) in [5, 5.41) is 0. The summed E-state index contributed by atoms with van der Waals surface area (Å²) in [5.74, 6) is 0.781. The summed E-state index contributed by atoms with van der Waals surface area (Å²) in [5.41, 5.74) is 8.64. The summed E-state index contributed by atoms with van der Waals surface area (Å²) < 4.78 is 25.9. The van der Waals surface area contributed by atoms with Gasteiger partial charge in [-0.05, 0) is 35.1 Å². The van der Waals surface area contributed by atoms with E-state index in [0.717, 1.165) is 16.8 Å². The lowest BCUT2D eigenvalue weighted by atomic mass is 9.92. The van der Waals surface area contributed by atoms with Crippen LogP contribution >= 0.6 is 0 Å². The van der Waals surface area contributed by atoms with Crippen LogP contribution in [0.5, 0.6) is 5.75 Å². The first kappa shape index (κ1) is 13.8. The largest absolute Gasteiger partial charge is 0.398 e.